The topological polar surface area (TPSA) is 73.1 Å². The number of nitrogens with zero attached hydrogens (tertiary/aromatic N) is 2. The number of hydrazine groups is 1. The summed E-state index contributed by atoms with van der Waals surface area (Å²) in [5.41, 5.74) is 5.94. The summed E-state index contributed by atoms with van der Waals surface area (Å²) >= 11 is 0. The molecule has 5 nitrogen and oxygen atoms in total. The molecule has 0 radical (unpaired) electrons. The van der Waals surface area contributed by atoms with E-state index in [1.54, 1.807) is 0 Å². The molecule has 2 atom stereocenters. The maximum Gasteiger partial charge on any atom is 0.0648 e. The normalized spacial score (nSPS) is 20.7. The third-order valence-electron chi connectivity index (χ3n) is 3.76. The standard InChI is InChI=1S/C14H24N4O/c1-10-9-13(11(2)18-17-10)14(16-15)7-3-5-12-6-4-8-19-12/h9,12,14,16H,3-8,15H2,1-2H3. The van der Waals surface area contributed by atoms with Crippen LogP contribution in [0.4, 0.5) is 0 Å². The summed E-state index contributed by atoms with van der Waals surface area (Å²) in [6, 6.07) is 2.22. The van der Waals surface area contributed by atoms with Crippen LogP contribution in [-0.2, 0) is 4.74 Å². The Hall–Kier alpha value is -1.04. The maximum absolute atomic E-state index is 5.69. The SMILES string of the molecule is Cc1cc(C(CCCC2CCCO2)NN)c(C)nn1. The third-order valence-corrected chi connectivity index (χ3v) is 3.76. The Morgan fingerprint density at radius 2 is 2.32 bits per heavy atom. The summed E-state index contributed by atoms with van der Waals surface area (Å²) in [6.45, 7) is 4.86. The molecule has 2 rings (SSSR count). The largest absolute Gasteiger partial charge is 0.378 e. The predicted octanol–water partition coefficient (Wildman–Crippen LogP) is 1.95. The molecule has 19 heavy (non-hydrogen) atoms. The number of aryl methyl sites for hydroxylation is 2. The zero-order chi connectivity index (χ0) is 13.7. The van der Waals surface area contributed by atoms with Crippen LogP contribution >= 0.6 is 0 Å². The Kier molecular flexibility index (Phi) is 5.24. The fourth-order valence-electron chi connectivity index (χ4n) is 2.67. The van der Waals surface area contributed by atoms with Gasteiger partial charge in [-0.1, -0.05) is 0 Å². The van der Waals surface area contributed by atoms with Crippen LogP contribution in [0.25, 0.3) is 0 Å². The minimum absolute atomic E-state index is 0.149. The molecule has 0 saturated carbocycles. The Labute approximate surface area is 114 Å². The van der Waals surface area contributed by atoms with Crippen LogP contribution in [0.15, 0.2) is 6.07 Å². The molecule has 1 aromatic heterocycles. The van der Waals surface area contributed by atoms with Crippen molar-refractivity contribution in [2.24, 2.45) is 5.84 Å². The first-order valence-corrected chi connectivity index (χ1v) is 7.09. The molecule has 0 amide bonds. The Morgan fingerprint density at radius 1 is 1.47 bits per heavy atom. The lowest BCUT2D eigenvalue weighted by molar-refractivity contribution is 0.101. The van der Waals surface area contributed by atoms with E-state index >= 15 is 0 Å². The van der Waals surface area contributed by atoms with Crippen molar-refractivity contribution in [2.45, 2.75) is 58.1 Å². The smallest absolute Gasteiger partial charge is 0.0648 e. The number of nitrogens with one attached hydrogen (secondary N) is 1. The summed E-state index contributed by atoms with van der Waals surface area (Å²) in [7, 11) is 0. The molecule has 5 heteroatoms. The molecule has 0 aromatic carbocycles. The lowest BCUT2D eigenvalue weighted by Gasteiger charge is -2.19. The highest BCUT2D eigenvalue weighted by molar-refractivity contribution is 5.23. The molecule has 3 N–H and O–H groups in total. The number of aromatic nitrogens is 2. The average molecular weight is 264 g/mol. The molecule has 2 heterocycles. The van der Waals surface area contributed by atoms with E-state index in [0.717, 1.165) is 42.8 Å². The van der Waals surface area contributed by atoms with Crippen LogP contribution in [-0.4, -0.2) is 22.9 Å². The van der Waals surface area contributed by atoms with Crippen molar-refractivity contribution in [1.82, 2.24) is 15.6 Å². The van der Waals surface area contributed by atoms with Crippen LogP contribution in [0.2, 0.25) is 0 Å². The lowest BCUT2D eigenvalue weighted by atomic mass is 9.98. The van der Waals surface area contributed by atoms with Crippen molar-refractivity contribution in [3.8, 4) is 0 Å². The number of hydrogen-bond donors (Lipinski definition) is 2. The summed E-state index contributed by atoms with van der Waals surface area (Å²) in [5.74, 6) is 5.69. The maximum atomic E-state index is 5.69. The van der Waals surface area contributed by atoms with Crippen molar-refractivity contribution < 1.29 is 4.74 Å². The van der Waals surface area contributed by atoms with E-state index in [4.69, 9.17) is 10.6 Å². The van der Waals surface area contributed by atoms with Gasteiger partial charge in [0.1, 0.15) is 0 Å². The monoisotopic (exact) mass is 264 g/mol. The molecule has 1 saturated heterocycles. The zero-order valence-corrected chi connectivity index (χ0v) is 11.9. The van der Waals surface area contributed by atoms with E-state index in [-0.39, 0.29) is 6.04 Å². The Bertz CT molecular complexity index is 404. The van der Waals surface area contributed by atoms with Crippen molar-refractivity contribution in [2.75, 3.05) is 6.61 Å². The van der Waals surface area contributed by atoms with Gasteiger partial charge in [0.05, 0.1) is 17.5 Å². The van der Waals surface area contributed by atoms with Crippen LogP contribution in [0.1, 0.15) is 55.1 Å². The molecule has 106 valence electrons. The van der Waals surface area contributed by atoms with Crippen molar-refractivity contribution >= 4 is 0 Å². The first-order valence-electron chi connectivity index (χ1n) is 7.09. The molecule has 0 bridgehead atoms. The van der Waals surface area contributed by atoms with Gasteiger partial charge in [0, 0.05) is 12.6 Å². The van der Waals surface area contributed by atoms with E-state index in [1.807, 2.05) is 13.8 Å². The quantitative estimate of drug-likeness (QED) is 0.607. The second-order valence-corrected chi connectivity index (χ2v) is 5.31. The van der Waals surface area contributed by atoms with Gasteiger partial charge in [-0.05, 0) is 57.6 Å². The highest BCUT2D eigenvalue weighted by atomic mass is 16.5. The Morgan fingerprint density at radius 3 is 3.00 bits per heavy atom. The van der Waals surface area contributed by atoms with Gasteiger partial charge >= 0.3 is 0 Å². The number of ether oxygens (including phenoxy) is 1. The van der Waals surface area contributed by atoms with E-state index < -0.39 is 0 Å². The number of nitrogens with two attached hydrogens (primary N) is 1. The molecular formula is C14H24N4O. The molecule has 2 unspecified atom stereocenters. The predicted molar refractivity (Wildman–Crippen MR) is 74.4 cm³/mol. The molecule has 1 aliphatic heterocycles. The second kappa shape index (κ2) is 6.93. The van der Waals surface area contributed by atoms with Gasteiger partial charge in [0.2, 0.25) is 0 Å². The first kappa shape index (κ1) is 14.4. The molecule has 1 fully saturated rings. The van der Waals surface area contributed by atoms with Crippen LogP contribution in [0.3, 0.4) is 0 Å². The Balaban J connectivity index is 1.89. The summed E-state index contributed by atoms with van der Waals surface area (Å²) in [6.07, 6.45) is 6.10. The molecule has 1 aliphatic rings. The first-order chi connectivity index (χ1) is 9.20. The van der Waals surface area contributed by atoms with E-state index in [2.05, 4.69) is 21.7 Å². The molecular weight excluding hydrogens is 240 g/mol. The number of rotatable bonds is 6. The van der Waals surface area contributed by atoms with Crippen molar-refractivity contribution in [3.05, 3.63) is 23.0 Å². The van der Waals surface area contributed by atoms with E-state index in [1.165, 1.54) is 12.8 Å². The summed E-state index contributed by atoms with van der Waals surface area (Å²) in [4.78, 5) is 0. The minimum Gasteiger partial charge on any atom is -0.378 e. The van der Waals surface area contributed by atoms with Gasteiger partial charge in [-0.2, -0.15) is 10.2 Å². The number of hydrogen-bond acceptors (Lipinski definition) is 5. The summed E-state index contributed by atoms with van der Waals surface area (Å²) in [5, 5.41) is 8.22. The van der Waals surface area contributed by atoms with E-state index in [9.17, 15) is 0 Å². The fourth-order valence-corrected chi connectivity index (χ4v) is 2.67. The molecule has 0 spiro atoms. The van der Waals surface area contributed by atoms with Gasteiger partial charge < -0.3 is 4.74 Å². The van der Waals surface area contributed by atoms with Crippen molar-refractivity contribution in [1.29, 1.82) is 0 Å². The molecule has 0 aliphatic carbocycles. The van der Waals surface area contributed by atoms with E-state index in [0.29, 0.717) is 6.10 Å². The third kappa shape index (κ3) is 3.96. The van der Waals surface area contributed by atoms with Crippen LogP contribution in [0.5, 0.6) is 0 Å². The highest BCUT2D eigenvalue weighted by Crippen LogP contribution is 2.24. The van der Waals surface area contributed by atoms with Gasteiger partial charge in [0.15, 0.2) is 0 Å². The minimum atomic E-state index is 0.149. The molecule has 1 aromatic rings. The fraction of sp³-hybridized carbons (Fsp3) is 0.714. The van der Waals surface area contributed by atoms with Crippen LogP contribution < -0.4 is 11.3 Å². The zero-order valence-electron chi connectivity index (χ0n) is 11.9. The van der Waals surface area contributed by atoms with Gasteiger partial charge in [0.25, 0.3) is 0 Å². The second-order valence-electron chi connectivity index (χ2n) is 5.31. The van der Waals surface area contributed by atoms with Gasteiger partial charge in [-0.25, -0.2) is 0 Å². The van der Waals surface area contributed by atoms with Crippen molar-refractivity contribution in [3.63, 3.8) is 0 Å². The lowest BCUT2D eigenvalue weighted by Crippen LogP contribution is -2.29. The average Bonchev–Trinajstić information content (AvgIpc) is 2.91. The van der Waals surface area contributed by atoms with Crippen LogP contribution in [0, 0.1) is 13.8 Å². The van der Waals surface area contributed by atoms with Gasteiger partial charge in [-0.3, -0.25) is 11.3 Å². The summed E-state index contributed by atoms with van der Waals surface area (Å²) < 4.78 is 5.64. The van der Waals surface area contributed by atoms with Gasteiger partial charge in [-0.15, -0.1) is 0 Å². The highest BCUT2D eigenvalue weighted by Gasteiger charge is 2.18.